The van der Waals surface area contributed by atoms with Gasteiger partial charge in [-0.25, -0.2) is 0 Å². The van der Waals surface area contributed by atoms with Crippen molar-refractivity contribution in [3.63, 3.8) is 0 Å². The Bertz CT molecular complexity index is 343. The average Bonchev–Trinajstić information content (AvgIpc) is 2.47. The van der Waals surface area contributed by atoms with Gasteiger partial charge in [0.2, 0.25) is 0 Å². The van der Waals surface area contributed by atoms with E-state index >= 15 is 0 Å². The molecule has 1 aliphatic carbocycles. The van der Waals surface area contributed by atoms with Crippen LogP contribution in [0.4, 0.5) is 0 Å². The number of nitrogens with zero attached hydrogens (tertiary/aromatic N) is 2. The first-order valence-corrected chi connectivity index (χ1v) is 4.41. The van der Waals surface area contributed by atoms with E-state index in [9.17, 15) is 4.79 Å². The summed E-state index contributed by atoms with van der Waals surface area (Å²) in [6.07, 6.45) is 4.06. The Morgan fingerprint density at radius 1 is 1.77 bits per heavy atom. The fourth-order valence-corrected chi connectivity index (χ4v) is 1.86. The van der Waals surface area contributed by atoms with E-state index in [1.54, 1.807) is 4.68 Å². The van der Waals surface area contributed by atoms with Gasteiger partial charge < -0.3 is 5.11 Å². The van der Waals surface area contributed by atoms with Gasteiger partial charge in [0.1, 0.15) is 0 Å². The normalized spacial score (nSPS) is 21.2. The van der Waals surface area contributed by atoms with Crippen LogP contribution in [0.5, 0.6) is 0 Å². The highest BCUT2D eigenvalue weighted by Crippen LogP contribution is 2.24. The molecule has 0 aliphatic heterocycles. The standard InChI is InChI=1S/C9H12N2O2/c1-11-8-4-6(9(12)13)2-3-7(8)5-10-11/h5-6H,2-4H2,1H3,(H,12,13)/t6-/m1/s1. The summed E-state index contributed by atoms with van der Waals surface area (Å²) in [5.41, 5.74) is 2.29. The summed E-state index contributed by atoms with van der Waals surface area (Å²) in [4.78, 5) is 10.8. The van der Waals surface area contributed by atoms with Gasteiger partial charge in [0.15, 0.2) is 0 Å². The van der Waals surface area contributed by atoms with Crippen LogP contribution < -0.4 is 0 Å². The topological polar surface area (TPSA) is 55.1 Å². The number of carboxylic acid groups (broad SMARTS) is 1. The third-order valence-electron chi connectivity index (χ3n) is 2.70. The maximum absolute atomic E-state index is 10.8. The zero-order chi connectivity index (χ0) is 9.42. The summed E-state index contributed by atoms with van der Waals surface area (Å²) in [6, 6.07) is 0. The fourth-order valence-electron chi connectivity index (χ4n) is 1.86. The Morgan fingerprint density at radius 2 is 2.54 bits per heavy atom. The number of aryl methyl sites for hydroxylation is 2. The number of rotatable bonds is 1. The maximum Gasteiger partial charge on any atom is 0.306 e. The van der Waals surface area contributed by atoms with Crippen LogP contribution in [-0.4, -0.2) is 20.9 Å². The van der Waals surface area contributed by atoms with Gasteiger partial charge in [-0.3, -0.25) is 9.48 Å². The number of carboxylic acids is 1. The maximum atomic E-state index is 10.8. The van der Waals surface area contributed by atoms with Gasteiger partial charge in [-0.2, -0.15) is 5.10 Å². The molecular weight excluding hydrogens is 168 g/mol. The molecule has 1 atom stereocenters. The second-order valence-corrected chi connectivity index (χ2v) is 3.52. The molecule has 0 saturated heterocycles. The number of hydrogen-bond donors (Lipinski definition) is 1. The number of aromatic nitrogens is 2. The van der Waals surface area contributed by atoms with Crippen molar-refractivity contribution in [3.8, 4) is 0 Å². The number of hydrogen-bond acceptors (Lipinski definition) is 2. The Balaban J connectivity index is 2.27. The fraction of sp³-hybridized carbons (Fsp3) is 0.556. The van der Waals surface area contributed by atoms with Gasteiger partial charge in [-0.1, -0.05) is 0 Å². The van der Waals surface area contributed by atoms with Crippen molar-refractivity contribution in [2.45, 2.75) is 19.3 Å². The van der Waals surface area contributed by atoms with Crippen LogP contribution in [0.25, 0.3) is 0 Å². The average molecular weight is 180 g/mol. The Hall–Kier alpha value is -1.32. The van der Waals surface area contributed by atoms with Crippen LogP contribution in [0, 0.1) is 5.92 Å². The zero-order valence-corrected chi connectivity index (χ0v) is 7.53. The highest BCUT2D eigenvalue weighted by Gasteiger charge is 2.26. The molecule has 1 aliphatic rings. The van der Waals surface area contributed by atoms with E-state index in [2.05, 4.69) is 5.10 Å². The van der Waals surface area contributed by atoms with Gasteiger partial charge in [-0.15, -0.1) is 0 Å². The quantitative estimate of drug-likeness (QED) is 0.688. The summed E-state index contributed by atoms with van der Waals surface area (Å²) < 4.78 is 1.78. The first-order chi connectivity index (χ1) is 6.18. The molecule has 0 spiro atoms. The van der Waals surface area contributed by atoms with Crippen LogP contribution in [-0.2, 0) is 24.7 Å². The summed E-state index contributed by atoms with van der Waals surface area (Å²) in [5, 5.41) is 13.0. The molecule has 4 nitrogen and oxygen atoms in total. The summed E-state index contributed by atoms with van der Waals surface area (Å²) >= 11 is 0. The molecule has 1 heterocycles. The third kappa shape index (κ3) is 1.32. The van der Waals surface area contributed by atoms with Crippen LogP contribution >= 0.6 is 0 Å². The van der Waals surface area contributed by atoms with Gasteiger partial charge in [0.25, 0.3) is 0 Å². The molecule has 0 unspecified atom stereocenters. The second kappa shape index (κ2) is 2.87. The Labute approximate surface area is 76.2 Å². The number of fused-ring (bicyclic) bond motifs is 1. The van der Waals surface area contributed by atoms with E-state index < -0.39 is 5.97 Å². The van der Waals surface area contributed by atoms with Crippen molar-refractivity contribution in [1.82, 2.24) is 9.78 Å². The molecular formula is C9H12N2O2. The monoisotopic (exact) mass is 180 g/mol. The predicted octanol–water partition coefficient (Wildman–Crippen LogP) is 0.610. The Morgan fingerprint density at radius 3 is 3.23 bits per heavy atom. The molecule has 1 aromatic rings. The highest BCUT2D eigenvalue weighted by molar-refractivity contribution is 5.70. The zero-order valence-electron chi connectivity index (χ0n) is 7.53. The first kappa shape index (κ1) is 8.29. The van der Waals surface area contributed by atoms with Crippen molar-refractivity contribution in [2.24, 2.45) is 13.0 Å². The lowest BCUT2D eigenvalue weighted by atomic mass is 9.88. The van der Waals surface area contributed by atoms with E-state index in [4.69, 9.17) is 5.11 Å². The van der Waals surface area contributed by atoms with Gasteiger partial charge >= 0.3 is 5.97 Å². The molecule has 13 heavy (non-hydrogen) atoms. The minimum atomic E-state index is -0.688. The molecule has 0 amide bonds. The molecule has 1 aromatic heterocycles. The van der Waals surface area contributed by atoms with Crippen molar-refractivity contribution >= 4 is 5.97 Å². The third-order valence-corrected chi connectivity index (χ3v) is 2.70. The smallest absolute Gasteiger partial charge is 0.306 e. The minimum Gasteiger partial charge on any atom is -0.481 e. The largest absolute Gasteiger partial charge is 0.481 e. The van der Waals surface area contributed by atoms with E-state index in [0.29, 0.717) is 6.42 Å². The lowest BCUT2D eigenvalue weighted by Gasteiger charge is -2.18. The van der Waals surface area contributed by atoms with Crippen LogP contribution in [0.2, 0.25) is 0 Å². The molecule has 1 N–H and O–H groups in total. The van der Waals surface area contributed by atoms with Gasteiger partial charge in [-0.05, 0) is 18.4 Å². The summed E-state index contributed by atoms with van der Waals surface area (Å²) in [7, 11) is 1.86. The van der Waals surface area contributed by atoms with Gasteiger partial charge in [0.05, 0.1) is 12.1 Å². The van der Waals surface area contributed by atoms with Crippen LogP contribution in [0.15, 0.2) is 6.20 Å². The summed E-state index contributed by atoms with van der Waals surface area (Å²) in [6.45, 7) is 0. The lowest BCUT2D eigenvalue weighted by molar-refractivity contribution is -0.142. The molecule has 0 fully saturated rings. The molecule has 70 valence electrons. The van der Waals surface area contributed by atoms with Crippen molar-refractivity contribution in [1.29, 1.82) is 0 Å². The first-order valence-electron chi connectivity index (χ1n) is 4.41. The number of carbonyl (C=O) groups is 1. The lowest BCUT2D eigenvalue weighted by Crippen LogP contribution is -2.23. The van der Waals surface area contributed by atoms with Crippen molar-refractivity contribution in [2.75, 3.05) is 0 Å². The summed E-state index contributed by atoms with van der Waals surface area (Å²) in [5.74, 6) is -0.908. The molecule has 0 saturated carbocycles. The van der Waals surface area contributed by atoms with Crippen LogP contribution in [0.3, 0.4) is 0 Å². The van der Waals surface area contributed by atoms with Crippen molar-refractivity contribution < 1.29 is 9.90 Å². The highest BCUT2D eigenvalue weighted by atomic mass is 16.4. The molecule has 0 radical (unpaired) electrons. The van der Waals surface area contributed by atoms with E-state index in [0.717, 1.165) is 18.5 Å². The van der Waals surface area contributed by atoms with Crippen molar-refractivity contribution in [3.05, 3.63) is 17.5 Å². The second-order valence-electron chi connectivity index (χ2n) is 3.52. The van der Waals surface area contributed by atoms with E-state index in [1.165, 1.54) is 5.56 Å². The van der Waals surface area contributed by atoms with Crippen LogP contribution in [0.1, 0.15) is 17.7 Å². The molecule has 4 heteroatoms. The van der Waals surface area contributed by atoms with E-state index in [1.807, 2.05) is 13.2 Å². The minimum absolute atomic E-state index is 0.220. The van der Waals surface area contributed by atoms with Gasteiger partial charge in [0, 0.05) is 19.2 Å². The SMILES string of the molecule is Cn1ncc2c1C[C@H](C(=O)O)CC2. The van der Waals surface area contributed by atoms with E-state index in [-0.39, 0.29) is 5.92 Å². The molecule has 0 bridgehead atoms. The molecule has 0 aromatic carbocycles. The number of aliphatic carboxylic acids is 1. The molecule has 2 rings (SSSR count). The predicted molar refractivity (Wildman–Crippen MR) is 46.4 cm³/mol. The Kier molecular flexibility index (Phi) is 1.83.